The van der Waals surface area contributed by atoms with Gasteiger partial charge in [0.05, 0.1) is 17.4 Å². The summed E-state index contributed by atoms with van der Waals surface area (Å²) in [5.74, 6) is 0. The highest BCUT2D eigenvalue weighted by molar-refractivity contribution is 6.31. The number of H-pyrrole nitrogens is 1. The van der Waals surface area contributed by atoms with Crippen molar-refractivity contribution in [2.45, 2.75) is 59.0 Å². The number of aromatic nitrogens is 2. The number of benzene rings is 2. The molecular formula is C23H30Cl3N3. The minimum Gasteiger partial charge on any atom is -0.345 e. The number of rotatable bonds is 4. The maximum absolute atomic E-state index is 6.63. The molecule has 0 bridgehead atoms. The van der Waals surface area contributed by atoms with E-state index < -0.39 is 0 Å². The van der Waals surface area contributed by atoms with Crippen molar-refractivity contribution in [1.29, 1.82) is 0 Å². The van der Waals surface area contributed by atoms with Crippen LogP contribution in [-0.4, -0.2) is 16.0 Å². The van der Waals surface area contributed by atoms with E-state index in [1.165, 1.54) is 42.4 Å². The second kappa shape index (κ2) is 9.70. The first kappa shape index (κ1) is 24.0. The maximum atomic E-state index is 6.63. The first-order valence-corrected chi connectivity index (χ1v) is 10.2. The van der Waals surface area contributed by atoms with Gasteiger partial charge in [0.2, 0.25) is 0 Å². The van der Waals surface area contributed by atoms with Crippen molar-refractivity contribution in [1.82, 2.24) is 15.3 Å². The largest absolute Gasteiger partial charge is 0.345 e. The Bertz CT molecular complexity index is 955. The Morgan fingerprint density at radius 2 is 1.86 bits per heavy atom. The lowest BCUT2D eigenvalue weighted by Crippen LogP contribution is -2.35. The molecule has 2 aromatic carbocycles. The summed E-state index contributed by atoms with van der Waals surface area (Å²) in [6.07, 6.45) is 6.85. The standard InChI is InChI=1S/C23H28ClN3.2ClH/c1-15-10-21-22(27-14-26-21)12-19(15)16-4-5-17(20(24)11-16)13-25-18-6-8-23(2,3)9-7-18;;/h4-5,10-12,14,18,25H,6-9,13H2,1-3H3,(H,26,27);2*1H. The van der Waals surface area contributed by atoms with Gasteiger partial charge in [-0.3, -0.25) is 0 Å². The quantitative estimate of drug-likeness (QED) is 0.441. The normalized spacial score (nSPS) is 16.3. The van der Waals surface area contributed by atoms with E-state index in [-0.39, 0.29) is 24.8 Å². The summed E-state index contributed by atoms with van der Waals surface area (Å²) in [7, 11) is 0. The van der Waals surface area contributed by atoms with E-state index in [1.54, 1.807) is 6.33 Å². The average Bonchev–Trinajstić information content (AvgIpc) is 3.08. The van der Waals surface area contributed by atoms with Crippen LogP contribution in [0.1, 0.15) is 50.7 Å². The van der Waals surface area contributed by atoms with E-state index in [2.05, 4.69) is 66.4 Å². The summed E-state index contributed by atoms with van der Waals surface area (Å²) >= 11 is 6.63. The molecule has 0 unspecified atom stereocenters. The van der Waals surface area contributed by atoms with Crippen molar-refractivity contribution < 1.29 is 0 Å². The van der Waals surface area contributed by atoms with Crippen molar-refractivity contribution in [3.8, 4) is 11.1 Å². The van der Waals surface area contributed by atoms with Crippen LogP contribution in [0.4, 0.5) is 0 Å². The minimum atomic E-state index is 0. The molecule has 1 heterocycles. The predicted molar refractivity (Wildman–Crippen MR) is 129 cm³/mol. The van der Waals surface area contributed by atoms with Crippen LogP contribution in [0.15, 0.2) is 36.7 Å². The Morgan fingerprint density at radius 3 is 2.55 bits per heavy atom. The Morgan fingerprint density at radius 1 is 1.14 bits per heavy atom. The second-order valence-corrected chi connectivity index (χ2v) is 9.12. The lowest BCUT2D eigenvalue weighted by atomic mass is 9.75. The van der Waals surface area contributed by atoms with Crippen molar-refractivity contribution in [3.05, 3.63) is 52.8 Å². The van der Waals surface area contributed by atoms with Crippen molar-refractivity contribution in [2.75, 3.05) is 0 Å². The van der Waals surface area contributed by atoms with Crippen LogP contribution in [0.5, 0.6) is 0 Å². The number of nitrogens with one attached hydrogen (secondary N) is 2. The number of hydrogen-bond donors (Lipinski definition) is 2. The van der Waals surface area contributed by atoms with Gasteiger partial charge in [0, 0.05) is 17.6 Å². The smallest absolute Gasteiger partial charge is 0.0931 e. The molecule has 0 radical (unpaired) electrons. The van der Waals surface area contributed by atoms with Gasteiger partial charge in [0.25, 0.3) is 0 Å². The van der Waals surface area contributed by atoms with E-state index in [1.807, 2.05) is 0 Å². The van der Waals surface area contributed by atoms with Gasteiger partial charge in [0.1, 0.15) is 0 Å². The Balaban J connectivity index is 0.00000150. The maximum Gasteiger partial charge on any atom is 0.0931 e. The average molecular weight is 455 g/mol. The highest BCUT2D eigenvalue weighted by Gasteiger charge is 2.26. The minimum absolute atomic E-state index is 0. The number of halogens is 3. The SMILES string of the molecule is Cc1cc2nc[nH]c2cc1-c1ccc(CNC2CCC(C)(C)CC2)c(Cl)c1.Cl.Cl. The fraction of sp³-hybridized carbons (Fsp3) is 0.435. The third kappa shape index (κ3) is 5.46. The van der Waals surface area contributed by atoms with Crippen LogP contribution in [-0.2, 0) is 6.54 Å². The fourth-order valence-corrected chi connectivity index (χ4v) is 4.36. The van der Waals surface area contributed by atoms with E-state index in [4.69, 9.17) is 11.6 Å². The molecule has 0 amide bonds. The molecule has 1 aliphatic carbocycles. The number of imidazole rings is 1. The molecule has 1 aliphatic rings. The zero-order valence-electron chi connectivity index (χ0n) is 17.2. The molecule has 0 atom stereocenters. The van der Waals surface area contributed by atoms with Crippen LogP contribution in [0, 0.1) is 12.3 Å². The summed E-state index contributed by atoms with van der Waals surface area (Å²) in [5.41, 5.74) is 7.29. The molecule has 1 fully saturated rings. The summed E-state index contributed by atoms with van der Waals surface area (Å²) in [5, 5.41) is 4.54. The van der Waals surface area contributed by atoms with Gasteiger partial charge in [-0.25, -0.2) is 4.98 Å². The lowest BCUT2D eigenvalue weighted by Gasteiger charge is -2.34. The Hall–Kier alpha value is -1.26. The highest BCUT2D eigenvalue weighted by atomic mass is 35.5. The first-order valence-electron chi connectivity index (χ1n) is 9.87. The van der Waals surface area contributed by atoms with Crippen LogP contribution in [0.25, 0.3) is 22.2 Å². The number of aryl methyl sites for hydroxylation is 1. The molecule has 0 spiro atoms. The molecule has 3 nitrogen and oxygen atoms in total. The van der Waals surface area contributed by atoms with Crippen LogP contribution in [0.3, 0.4) is 0 Å². The Kier molecular flexibility index (Phi) is 8.03. The van der Waals surface area contributed by atoms with Gasteiger partial charge in [-0.05, 0) is 78.5 Å². The van der Waals surface area contributed by atoms with E-state index in [0.717, 1.165) is 28.2 Å². The third-order valence-corrected chi connectivity index (χ3v) is 6.40. The number of aromatic amines is 1. The molecule has 0 saturated heterocycles. The van der Waals surface area contributed by atoms with Crippen LogP contribution >= 0.6 is 36.4 Å². The van der Waals surface area contributed by atoms with E-state index >= 15 is 0 Å². The first-order chi connectivity index (χ1) is 12.9. The van der Waals surface area contributed by atoms with Gasteiger partial charge in [-0.2, -0.15) is 0 Å². The molecule has 1 saturated carbocycles. The molecule has 2 N–H and O–H groups in total. The lowest BCUT2D eigenvalue weighted by molar-refractivity contribution is 0.206. The number of hydrogen-bond acceptors (Lipinski definition) is 2. The second-order valence-electron chi connectivity index (χ2n) is 8.71. The number of fused-ring (bicyclic) bond motifs is 1. The molecule has 158 valence electrons. The predicted octanol–water partition coefficient (Wildman–Crippen LogP) is 7.09. The fourth-order valence-electron chi connectivity index (χ4n) is 4.11. The summed E-state index contributed by atoms with van der Waals surface area (Å²) in [6, 6.07) is 11.3. The topological polar surface area (TPSA) is 40.7 Å². The molecule has 6 heteroatoms. The third-order valence-electron chi connectivity index (χ3n) is 6.05. The molecule has 29 heavy (non-hydrogen) atoms. The molecule has 0 aliphatic heterocycles. The van der Waals surface area contributed by atoms with Gasteiger partial charge < -0.3 is 10.3 Å². The zero-order valence-corrected chi connectivity index (χ0v) is 19.6. The van der Waals surface area contributed by atoms with Crippen LogP contribution in [0.2, 0.25) is 5.02 Å². The van der Waals surface area contributed by atoms with E-state index in [0.29, 0.717) is 11.5 Å². The zero-order chi connectivity index (χ0) is 19.0. The Labute approximate surface area is 190 Å². The molecule has 3 aromatic rings. The number of nitrogens with zero attached hydrogens (tertiary/aromatic N) is 1. The summed E-state index contributed by atoms with van der Waals surface area (Å²) in [4.78, 5) is 7.52. The summed E-state index contributed by atoms with van der Waals surface area (Å²) < 4.78 is 0. The van der Waals surface area contributed by atoms with Gasteiger partial charge in [-0.15, -0.1) is 24.8 Å². The van der Waals surface area contributed by atoms with Crippen molar-refractivity contribution in [2.24, 2.45) is 5.41 Å². The monoisotopic (exact) mass is 453 g/mol. The van der Waals surface area contributed by atoms with Gasteiger partial charge >= 0.3 is 0 Å². The van der Waals surface area contributed by atoms with Gasteiger partial charge in [-0.1, -0.05) is 37.6 Å². The molecule has 4 rings (SSSR count). The van der Waals surface area contributed by atoms with Crippen molar-refractivity contribution >= 4 is 47.4 Å². The van der Waals surface area contributed by atoms with Gasteiger partial charge in [0.15, 0.2) is 0 Å². The van der Waals surface area contributed by atoms with Crippen molar-refractivity contribution in [3.63, 3.8) is 0 Å². The molecular weight excluding hydrogens is 425 g/mol. The highest BCUT2D eigenvalue weighted by Crippen LogP contribution is 2.35. The summed E-state index contributed by atoms with van der Waals surface area (Å²) in [6.45, 7) is 7.71. The van der Waals surface area contributed by atoms with E-state index in [9.17, 15) is 0 Å². The molecule has 1 aromatic heterocycles. The van der Waals surface area contributed by atoms with Crippen LogP contribution < -0.4 is 5.32 Å².